The molecule has 0 aromatic heterocycles. The van der Waals surface area contributed by atoms with Crippen LogP contribution in [0.5, 0.6) is 0 Å². The van der Waals surface area contributed by atoms with Gasteiger partial charge in [-0.3, -0.25) is 0 Å². The molecule has 1 aliphatic heterocycles. The van der Waals surface area contributed by atoms with E-state index in [9.17, 15) is 0 Å². The van der Waals surface area contributed by atoms with Crippen molar-refractivity contribution in [3.8, 4) is 0 Å². The summed E-state index contributed by atoms with van der Waals surface area (Å²) in [5, 5.41) is 0. The molecule has 132 valence electrons. The van der Waals surface area contributed by atoms with Crippen molar-refractivity contribution in [2.45, 2.75) is 46.6 Å². The fourth-order valence-corrected chi connectivity index (χ4v) is 3.23. The average Bonchev–Trinajstić information content (AvgIpc) is 2.91. The molecule has 0 unspecified atom stereocenters. The first-order valence-corrected chi connectivity index (χ1v) is 9.25. The fourth-order valence-electron chi connectivity index (χ4n) is 3.23. The van der Waals surface area contributed by atoms with Crippen LogP contribution in [-0.2, 0) is 6.54 Å². The third-order valence-corrected chi connectivity index (χ3v) is 4.89. The Hall–Kier alpha value is -2.28. The van der Waals surface area contributed by atoms with E-state index in [1.54, 1.807) is 0 Å². The predicted molar refractivity (Wildman–Crippen MR) is 111 cm³/mol. The van der Waals surface area contributed by atoms with Crippen LogP contribution in [0.25, 0.3) is 6.08 Å². The van der Waals surface area contributed by atoms with E-state index in [4.69, 9.17) is 0 Å². The molecular weight excluding hydrogens is 302 g/mol. The summed E-state index contributed by atoms with van der Waals surface area (Å²) in [7, 11) is 0. The van der Waals surface area contributed by atoms with Gasteiger partial charge < -0.3 is 4.90 Å². The largest absolute Gasteiger partial charge is 0.363 e. The molecule has 0 saturated heterocycles. The zero-order chi connectivity index (χ0) is 18.4. The molecule has 1 aromatic rings. The highest BCUT2D eigenvalue weighted by atomic mass is 15.2. The van der Waals surface area contributed by atoms with Gasteiger partial charge >= 0.3 is 0 Å². The maximum Gasteiger partial charge on any atom is 0.0442 e. The van der Waals surface area contributed by atoms with Crippen molar-refractivity contribution < 1.29 is 0 Å². The summed E-state index contributed by atoms with van der Waals surface area (Å²) in [4.78, 5) is 2.37. The first-order chi connectivity index (χ1) is 12.0. The molecule has 1 aliphatic rings. The second kappa shape index (κ2) is 8.71. The Morgan fingerprint density at radius 3 is 2.64 bits per heavy atom. The van der Waals surface area contributed by atoms with E-state index in [1.165, 1.54) is 39.8 Å². The van der Waals surface area contributed by atoms with Crippen LogP contribution in [0.4, 0.5) is 0 Å². The van der Waals surface area contributed by atoms with E-state index in [0.29, 0.717) is 0 Å². The molecule has 1 aromatic carbocycles. The summed E-state index contributed by atoms with van der Waals surface area (Å²) in [6, 6.07) is 6.60. The van der Waals surface area contributed by atoms with Crippen molar-refractivity contribution in [2.75, 3.05) is 6.54 Å². The quantitative estimate of drug-likeness (QED) is 0.519. The summed E-state index contributed by atoms with van der Waals surface area (Å²) >= 11 is 0. The number of benzene rings is 1. The van der Waals surface area contributed by atoms with Gasteiger partial charge in [-0.25, -0.2) is 0 Å². The van der Waals surface area contributed by atoms with Crippen LogP contribution >= 0.6 is 0 Å². The van der Waals surface area contributed by atoms with E-state index < -0.39 is 0 Å². The molecular formula is C24H31N. The van der Waals surface area contributed by atoms with Gasteiger partial charge in [-0.1, -0.05) is 76.4 Å². The van der Waals surface area contributed by atoms with Gasteiger partial charge in [-0.2, -0.15) is 0 Å². The summed E-state index contributed by atoms with van der Waals surface area (Å²) in [6.07, 6.45) is 9.66. The fraction of sp³-hybridized carbons (Fsp3) is 0.333. The molecule has 0 amide bonds. The molecule has 1 heterocycles. The van der Waals surface area contributed by atoms with Crippen LogP contribution in [-0.4, -0.2) is 11.4 Å². The molecule has 0 fully saturated rings. The van der Waals surface area contributed by atoms with Crippen molar-refractivity contribution in [2.24, 2.45) is 0 Å². The maximum atomic E-state index is 4.37. The van der Waals surface area contributed by atoms with E-state index in [1.807, 2.05) is 6.08 Å². The zero-order valence-electron chi connectivity index (χ0n) is 16.1. The van der Waals surface area contributed by atoms with Gasteiger partial charge in [0.25, 0.3) is 0 Å². The van der Waals surface area contributed by atoms with E-state index in [0.717, 1.165) is 31.6 Å². The predicted octanol–water partition coefficient (Wildman–Crippen LogP) is 6.59. The highest BCUT2D eigenvalue weighted by Crippen LogP contribution is 2.34. The highest BCUT2D eigenvalue weighted by Gasteiger charge is 2.24. The highest BCUT2D eigenvalue weighted by molar-refractivity contribution is 5.55. The lowest BCUT2D eigenvalue weighted by Crippen LogP contribution is -2.19. The maximum absolute atomic E-state index is 4.37. The third kappa shape index (κ3) is 4.42. The van der Waals surface area contributed by atoms with Crippen molar-refractivity contribution in [1.29, 1.82) is 0 Å². The average molecular weight is 334 g/mol. The smallest absolute Gasteiger partial charge is 0.0442 e. The minimum atomic E-state index is 0.878. The van der Waals surface area contributed by atoms with Crippen molar-refractivity contribution in [3.05, 3.63) is 89.2 Å². The Balaban J connectivity index is 2.22. The van der Waals surface area contributed by atoms with Crippen LogP contribution in [0.1, 0.15) is 49.8 Å². The van der Waals surface area contributed by atoms with Crippen LogP contribution in [0.3, 0.4) is 0 Å². The molecule has 0 spiro atoms. The monoisotopic (exact) mass is 333 g/mol. The topological polar surface area (TPSA) is 3.24 Å². The lowest BCUT2D eigenvalue weighted by molar-refractivity contribution is 0.395. The summed E-state index contributed by atoms with van der Waals surface area (Å²) < 4.78 is 0. The molecule has 0 radical (unpaired) electrons. The SMILES string of the molecule is C=Cc1ccc(CN2CC(C(=C)CC)=C(/C=C\CCC)C2=C)cc1C. The Kier molecular flexibility index (Phi) is 6.64. The summed E-state index contributed by atoms with van der Waals surface area (Å²) in [6.45, 7) is 20.8. The number of rotatable bonds is 8. The van der Waals surface area contributed by atoms with Crippen molar-refractivity contribution >= 4 is 6.08 Å². The van der Waals surface area contributed by atoms with Gasteiger partial charge in [0.15, 0.2) is 0 Å². The van der Waals surface area contributed by atoms with Gasteiger partial charge in [0.05, 0.1) is 0 Å². The number of nitrogens with zero attached hydrogens (tertiary/aromatic N) is 1. The number of aryl methyl sites for hydroxylation is 1. The zero-order valence-corrected chi connectivity index (χ0v) is 16.1. The molecule has 0 aliphatic carbocycles. The lowest BCUT2D eigenvalue weighted by Gasteiger charge is -2.21. The first kappa shape index (κ1) is 19.1. The molecule has 25 heavy (non-hydrogen) atoms. The van der Waals surface area contributed by atoms with E-state index in [2.05, 4.69) is 75.8 Å². The number of hydrogen-bond donors (Lipinski definition) is 0. The minimum absolute atomic E-state index is 0.878. The molecule has 0 atom stereocenters. The van der Waals surface area contributed by atoms with Crippen LogP contribution in [0.15, 0.2) is 72.5 Å². The Labute approximate surface area is 153 Å². The molecule has 0 N–H and O–H groups in total. The molecule has 1 heteroatoms. The molecule has 0 saturated carbocycles. The Bertz CT molecular complexity index is 730. The Morgan fingerprint density at radius 2 is 2.04 bits per heavy atom. The summed E-state index contributed by atoms with van der Waals surface area (Å²) in [5.74, 6) is 0. The lowest BCUT2D eigenvalue weighted by atomic mass is 10.0. The number of unbranched alkanes of at least 4 members (excludes halogenated alkanes) is 1. The van der Waals surface area contributed by atoms with Gasteiger partial charge in [-0.15, -0.1) is 0 Å². The first-order valence-electron chi connectivity index (χ1n) is 9.25. The molecule has 0 bridgehead atoms. The number of allylic oxidation sites excluding steroid dienone is 2. The normalized spacial score (nSPS) is 14.7. The van der Waals surface area contributed by atoms with Crippen LogP contribution in [0.2, 0.25) is 0 Å². The molecule has 2 rings (SSSR count). The van der Waals surface area contributed by atoms with Gasteiger partial charge in [0.1, 0.15) is 0 Å². The second-order valence-corrected chi connectivity index (χ2v) is 6.74. The van der Waals surface area contributed by atoms with E-state index in [-0.39, 0.29) is 0 Å². The van der Waals surface area contributed by atoms with Crippen LogP contribution < -0.4 is 0 Å². The Morgan fingerprint density at radius 1 is 1.28 bits per heavy atom. The summed E-state index contributed by atoms with van der Waals surface area (Å²) in [5.41, 5.74) is 8.72. The van der Waals surface area contributed by atoms with Crippen molar-refractivity contribution in [1.82, 2.24) is 4.90 Å². The van der Waals surface area contributed by atoms with Crippen molar-refractivity contribution in [3.63, 3.8) is 0 Å². The van der Waals surface area contributed by atoms with Crippen LogP contribution in [0, 0.1) is 6.92 Å². The van der Waals surface area contributed by atoms with E-state index >= 15 is 0 Å². The van der Waals surface area contributed by atoms with Gasteiger partial charge in [0, 0.05) is 24.4 Å². The van der Waals surface area contributed by atoms with Gasteiger partial charge in [-0.05, 0) is 47.6 Å². The molecule has 1 nitrogen and oxygen atoms in total. The third-order valence-electron chi connectivity index (χ3n) is 4.89. The van der Waals surface area contributed by atoms with Gasteiger partial charge in [0.2, 0.25) is 0 Å². The minimum Gasteiger partial charge on any atom is -0.363 e. The number of hydrogen-bond acceptors (Lipinski definition) is 1. The standard InChI is InChI=1S/C24H31N/c1-7-10-11-12-23-20(6)25(17-24(23)18(4)8-2)16-21-13-14-22(9-3)19(5)15-21/h9,11-15H,3-4,6-8,10,16-17H2,1-2,5H3/b12-11-. The second-order valence-electron chi connectivity index (χ2n) is 6.74.